The average molecular weight is 321 g/mol. The Bertz CT molecular complexity index is 663. The van der Waals surface area contributed by atoms with Gasteiger partial charge in [-0.05, 0) is 32.3 Å². The number of primary amides is 1. The summed E-state index contributed by atoms with van der Waals surface area (Å²) < 4.78 is 0. The van der Waals surface area contributed by atoms with Crippen LogP contribution in [0.3, 0.4) is 0 Å². The number of anilines is 1. The van der Waals surface area contributed by atoms with Crippen LogP contribution < -0.4 is 16.2 Å². The predicted molar refractivity (Wildman–Crippen MR) is 81.3 cm³/mol. The highest BCUT2D eigenvalue weighted by molar-refractivity contribution is 7.16. The number of nitrogens with two attached hydrogens (primary N) is 1. The summed E-state index contributed by atoms with van der Waals surface area (Å²) in [5.41, 5.74) is 6.37. The van der Waals surface area contributed by atoms with Crippen molar-refractivity contribution in [2.75, 3.05) is 5.32 Å². The zero-order valence-electron chi connectivity index (χ0n) is 12.3. The number of amides is 2. The number of nitrogens with one attached hydrogen (secondary N) is 1. The molecule has 1 aliphatic carbocycles. The lowest BCUT2D eigenvalue weighted by atomic mass is 9.82. The number of thiophene rings is 1. The Kier molecular flexibility index (Phi) is 4.65. The van der Waals surface area contributed by atoms with Crippen molar-refractivity contribution in [1.82, 2.24) is 0 Å². The number of aryl methyl sites for hydroxylation is 1. The molecule has 1 aromatic rings. The average Bonchev–Trinajstić information content (AvgIpc) is 2.73. The van der Waals surface area contributed by atoms with Crippen LogP contribution in [0.5, 0.6) is 0 Å². The van der Waals surface area contributed by atoms with Gasteiger partial charge < -0.3 is 21.0 Å². The van der Waals surface area contributed by atoms with E-state index in [0.29, 0.717) is 11.4 Å². The van der Waals surface area contributed by atoms with Gasteiger partial charge in [-0.1, -0.05) is 12.2 Å². The Labute approximate surface area is 132 Å². The molecule has 0 aromatic carbocycles. The summed E-state index contributed by atoms with van der Waals surface area (Å²) in [7, 11) is 0. The smallest absolute Gasteiger partial charge is 0.251 e. The molecule has 2 amide bonds. The van der Waals surface area contributed by atoms with Gasteiger partial charge in [0.25, 0.3) is 5.91 Å². The number of hydrogen-bond acceptors (Lipinski definition) is 5. The Morgan fingerprint density at radius 2 is 1.82 bits per heavy atom. The molecule has 0 aliphatic heterocycles. The van der Waals surface area contributed by atoms with E-state index < -0.39 is 29.6 Å². The minimum Gasteiger partial charge on any atom is -0.550 e. The molecule has 7 heteroatoms. The summed E-state index contributed by atoms with van der Waals surface area (Å²) in [6.07, 6.45) is 4.12. The molecule has 118 valence electrons. The summed E-state index contributed by atoms with van der Waals surface area (Å²) >= 11 is 1.26. The zero-order chi connectivity index (χ0) is 16.4. The first kappa shape index (κ1) is 16.2. The standard InChI is InChI=1S/C15H18N2O4S/c1-7-8(2)22-14(11(7)12(16)18)17-13(19)9-5-3-4-6-10(9)15(20)21/h3-4,9-10H,5-6H2,1-2H3,(H2,16,18)(H,17,19)(H,20,21)/p-1/t9-,10-/m0/s1. The van der Waals surface area contributed by atoms with Crippen molar-refractivity contribution >= 4 is 34.1 Å². The Morgan fingerprint density at radius 1 is 1.23 bits per heavy atom. The van der Waals surface area contributed by atoms with Gasteiger partial charge in [0.05, 0.1) is 11.5 Å². The molecule has 0 bridgehead atoms. The van der Waals surface area contributed by atoms with E-state index in [0.717, 1.165) is 10.4 Å². The van der Waals surface area contributed by atoms with Gasteiger partial charge in [-0.15, -0.1) is 11.3 Å². The van der Waals surface area contributed by atoms with Crippen LogP contribution >= 0.6 is 11.3 Å². The van der Waals surface area contributed by atoms with Crippen LogP contribution in [0.4, 0.5) is 5.00 Å². The third kappa shape index (κ3) is 3.04. The number of carbonyl (C=O) groups excluding carboxylic acids is 3. The van der Waals surface area contributed by atoms with Crippen molar-refractivity contribution in [2.45, 2.75) is 26.7 Å². The fraction of sp³-hybridized carbons (Fsp3) is 0.400. The van der Waals surface area contributed by atoms with Crippen molar-refractivity contribution in [3.05, 3.63) is 28.2 Å². The first-order valence-electron chi connectivity index (χ1n) is 6.89. The second kappa shape index (κ2) is 6.31. The fourth-order valence-corrected chi connectivity index (χ4v) is 3.65. The molecule has 2 rings (SSSR count). The number of carboxylic acids is 1. The van der Waals surface area contributed by atoms with Crippen LogP contribution in [0.1, 0.15) is 33.6 Å². The van der Waals surface area contributed by atoms with Crippen LogP contribution in [-0.2, 0) is 9.59 Å². The van der Waals surface area contributed by atoms with Gasteiger partial charge in [0.2, 0.25) is 5.91 Å². The first-order chi connectivity index (χ1) is 10.3. The maximum Gasteiger partial charge on any atom is 0.251 e. The van der Waals surface area contributed by atoms with Gasteiger partial charge in [-0.2, -0.15) is 0 Å². The van der Waals surface area contributed by atoms with Crippen molar-refractivity contribution < 1.29 is 19.5 Å². The molecule has 1 aromatic heterocycles. The molecular formula is C15H17N2O4S-. The van der Waals surface area contributed by atoms with Crippen molar-refractivity contribution in [3.63, 3.8) is 0 Å². The molecule has 1 heterocycles. The SMILES string of the molecule is Cc1sc(NC(=O)[C@H]2CC=CC[C@@H]2C(=O)[O-])c(C(N)=O)c1C. The maximum atomic E-state index is 12.4. The van der Waals surface area contributed by atoms with Gasteiger partial charge in [0.1, 0.15) is 5.00 Å². The quantitative estimate of drug-likeness (QED) is 0.796. The van der Waals surface area contributed by atoms with Crippen LogP contribution in [0.15, 0.2) is 12.2 Å². The third-order valence-electron chi connectivity index (χ3n) is 3.94. The number of hydrogen-bond donors (Lipinski definition) is 2. The van der Waals surface area contributed by atoms with E-state index in [1.807, 2.05) is 6.92 Å². The lowest BCUT2D eigenvalue weighted by Gasteiger charge is -2.28. The second-order valence-electron chi connectivity index (χ2n) is 5.32. The molecule has 3 N–H and O–H groups in total. The molecule has 6 nitrogen and oxygen atoms in total. The fourth-order valence-electron chi connectivity index (χ4n) is 2.58. The van der Waals surface area contributed by atoms with Crippen LogP contribution in [0, 0.1) is 25.7 Å². The zero-order valence-corrected chi connectivity index (χ0v) is 13.2. The monoisotopic (exact) mass is 321 g/mol. The molecule has 1 aliphatic rings. The number of allylic oxidation sites excluding steroid dienone is 2. The molecule has 0 fully saturated rings. The number of aliphatic carboxylic acids is 1. The predicted octanol–water partition coefficient (Wildman–Crippen LogP) is 0.735. The first-order valence-corrected chi connectivity index (χ1v) is 7.71. The summed E-state index contributed by atoms with van der Waals surface area (Å²) in [6, 6.07) is 0. The minimum absolute atomic E-state index is 0.269. The summed E-state index contributed by atoms with van der Waals surface area (Å²) in [4.78, 5) is 36.0. The van der Waals surface area contributed by atoms with E-state index in [9.17, 15) is 19.5 Å². The molecule has 22 heavy (non-hydrogen) atoms. The topological polar surface area (TPSA) is 112 Å². The van der Waals surface area contributed by atoms with E-state index in [1.54, 1.807) is 19.1 Å². The van der Waals surface area contributed by atoms with Crippen LogP contribution in [0.25, 0.3) is 0 Å². The van der Waals surface area contributed by atoms with Crippen molar-refractivity contribution in [3.8, 4) is 0 Å². The van der Waals surface area contributed by atoms with E-state index in [1.165, 1.54) is 11.3 Å². The van der Waals surface area contributed by atoms with E-state index >= 15 is 0 Å². The molecule has 0 unspecified atom stereocenters. The number of carboxylic acid groups (broad SMARTS) is 1. The van der Waals surface area contributed by atoms with Crippen molar-refractivity contribution in [1.29, 1.82) is 0 Å². The Hall–Kier alpha value is -2.15. The molecular weight excluding hydrogens is 304 g/mol. The normalized spacial score (nSPS) is 20.6. The van der Waals surface area contributed by atoms with Gasteiger partial charge >= 0.3 is 0 Å². The van der Waals surface area contributed by atoms with E-state index in [2.05, 4.69) is 5.32 Å². The molecule has 0 saturated heterocycles. The van der Waals surface area contributed by atoms with Gasteiger partial charge in [-0.3, -0.25) is 9.59 Å². The highest BCUT2D eigenvalue weighted by atomic mass is 32.1. The molecule has 0 saturated carbocycles. The second-order valence-corrected chi connectivity index (χ2v) is 6.54. The highest BCUT2D eigenvalue weighted by Gasteiger charge is 2.31. The molecule has 0 spiro atoms. The van der Waals surface area contributed by atoms with Gasteiger partial charge in [0.15, 0.2) is 0 Å². The van der Waals surface area contributed by atoms with E-state index in [-0.39, 0.29) is 12.0 Å². The largest absolute Gasteiger partial charge is 0.550 e. The van der Waals surface area contributed by atoms with E-state index in [4.69, 9.17) is 5.73 Å². The minimum atomic E-state index is -1.24. The van der Waals surface area contributed by atoms with Crippen LogP contribution in [-0.4, -0.2) is 17.8 Å². The molecule has 2 atom stereocenters. The number of carbonyl (C=O) groups is 3. The lowest BCUT2D eigenvalue weighted by molar-refractivity contribution is -0.313. The van der Waals surface area contributed by atoms with Crippen LogP contribution in [0.2, 0.25) is 0 Å². The summed E-state index contributed by atoms with van der Waals surface area (Å²) in [5.74, 6) is -3.85. The maximum absolute atomic E-state index is 12.4. The Balaban J connectivity index is 2.25. The number of rotatable bonds is 4. The van der Waals surface area contributed by atoms with Gasteiger partial charge in [-0.25, -0.2) is 0 Å². The highest BCUT2D eigenvalue weighted by Crippen LogP contribution is 2.34. The lowest BCUT2D eigenvalue weighted by Crippen LogP contribution is -2.41. The third-order valence-corrected chi connectivity index (χ3v) is 5.06. The Morgan fingerprint density at radius 3 is 2.36 bits per heavy atom. The van der Waals surface area contributed by atoms with Crippen molar-refractivity contribution in [2.24, 2.45) is 17.6 Å². The summed E-state index contributed by atoms with van der Waals surface area (Å²) in [6.45, 7) is 3.59. The summed E-state index contributed by atoms with van der Waals surface area (Å²) in [5, 5.41) is 14.2. The van der Waals surface area contributed by atoms with Gasteiger partial charge in [0, 0.05) is 16.8 Å². The molecule has 0 radical (unpaired) electrons.